The van der Waals surface area contributed by atoms with Gasteiger partial charge in [-0.05, 0) is 53.2 Å². The minimum Gasteiger partial charge on any atom is -0.444 e. The van der Waals surface area contributed by atoms with Crippen molar-refractivity contribution >= 4 is 47.4 Å². The fourth-order valence-electron chi connectivity index (χ4n) is 2.08. The Labute approximate surface area is 178 Å². The Kier molecular flexibility index (Phi) is 11.2. The van der Waals surface area contributed by atoms with Gasteiger partial charge in [0, 0.05) is 36.4 Å². The molecule has 0 saturated carbocycles. The van der Waals surface area contributed by atoms with E-state index in [1.807, 2.05) is 27.7 Å². The van der Waals surface area contributed by atoms with Crippen LogP contribution in [-0.2, 0) is 11.3 Å². The number of thiophene rings is 1. The molecular formula is C18H33IN4O2S. The molecule has 0 saturated heterocycles. The first-order valence-corrected chi connectivity index (χ1v) is 9.39. The summed E-state index contributed by atoms with van der Waals surface area (Å²) >= 11 is 1.78. The molecule has 1 unspecified atom stereocenters. The van der Waals surface area contributed by atoms with E-state index in [-0.39, 0.29) is 36.1 Å². The maximum atomic E-state index is 12.1. The number of nitrogens with one attached hydrogen (secondary N) is 2. The number of hydrogen-bond donors (Lipinski definition) is 2. The fourth-order valence-corrected chi connectivity index (χ4v) is 2.91. The highest BCUT2D eigenvalue weighted by molar-refractivity contribution is 14.0. The van der Waals surface area contributed by atoms with Crippen molar-refractivity contribution < 1.29 is 9.53 Å². The van der Waals surface area contributed by atoms with Gasteiger partial charge in [0.15, 0.2) is 5.96 Å². The lowest BCUT2D eigenvalue weighted by molar-refractivity contribution is 0.0230. The Balaban J connectivity index is 0.00000625. The molecule has 0 aromatic carbocycles. The smallest absolute Gasteiger partial charge is 0.410 e. The van der Waals surface area contributed by atoms with Crippen LogP contribution in [0, 0.1) is 6.92 Å². The molecule has 1 heterocycles. The van der Waals surface area contributed by atoms with Crippen LogP contribution in [-0.4, -0.2) is 49.2 Å². The van der Waals surface area contributed by atoms with Crippen LogP contribution in [0.4, 0.5) is 4.79 Å². The molecule has 0 fully saturated rings. The standard InChI is InChI=1S/C18H32N4O2S.HI/c1-13(22(7)17(23)24-18(3,4)5)10-11-20-16(19-6)21-12-15-9-8-14(2)25-15;/h8-9,13H,10-12H2,1-7H3,(H2,19,20,21);1H. The van der Waals surface area contributed by atoms with Gasteiger partial charge in [0.1, 0.15) is 5.60 Å². The second-order valence-corrected chi connectivity index (χ2v) is 8.47. The van der Waals surface area contributed by atoms with Gasteiger partial charge in [0.2, 0.25) is 0 Å². The minimum atomic E-state index is -0.477. The van der Waals surface area contributed by atoms with Crippen molar-refractivity contribution in [2.45, 2.75) is 59.2 Å². The summed E-state index contributed by atoms with van der Waals surface area (Å²) in [6.07, 6.45) is 0.504. The van der Waals surface area contributed by atoms with Gasteiger partial charge in [-0.1, -0.05) is 0 Å². The van der Waals surface area contributed by atoms with Crippen LogP contribution in [0.15, 0.2) is 17.1 Å². The second-order valence-electron chi connectivity index (χ2n) is 7.09. The molecule has 150 valence electrons. The predicted molar refractivity (Wildman–Crippen MR) is 121 cm³/mol. The molecule has 1 atom stereocenters. The highest BCUT2D eigenvalue weighted by Gasteiger charge is 2.22. The molecule has 1 amide bonds. The summed E-state index contributed by atoms with van der Waals surface area (Å²) in [5, 5.41) is 6.58. The lowest BCUT2D eigenvalue weighted by Crippen LogP contribution is -2.42. The van der Waals surface area contributed by atoms with Gasteiger partial charge >= 0.3 is 6.09 Å². The van der Waals surface area contributed by atoms with Gasteiger partial charge in [-0.15, -0.1) is 35.3 Å². The number of rotatable bonds is 6. The molecular weight excluding hydrogens is 463 g/mol. The maximum absolute atomic E-state index is 12.1. The van der Waals surface area contributed by atoms with Crippen LogP contribution < -0.4 is 10.6 Å². The zero-order chi connectivity index (χ0) is 19.0. The van der Waals surface area contributed by atoms with E-state index in [1.54, 1.807) is 30.3 Å². The quantitative estimate of drug-likeness (QED) is 0.355. The van der Waals surface area contributed by atoms with E-state index >= 15 is 0 Å². The van der Waals surface area contributed by atoms with Crippen molar-refractivity contribution in [1.29, 1.82) is 0 Å². The van der Waals surface area contributed by atoms with Gasteiger partial charge in [-0.3, -0.25) is 4.99 Å². The Morgan fingerprint density at radius 2 is 2.00 bits per heavy atom. The Bertz CT molecular complexity index is 584. The number of carbonyl (C=O) groups is 1. The monoisotopic (exact) mass is 496 g/mol. The predicted octanol–water partition coefficient (Wildman–Crippen LogP) is 3.99. The largest absolute Gasteiger partial charge is 0.444 e. The molecule has 6 nitrogen and oxygen atoms in total. The molecule has 0 aliphatic carbocycles. The number of aryl methyl sites for hydroxylation is 1. The van der Waals surface area contributed by atoms with E-state index < -0.39 is 5.60 Å². The Morgan fingerprint density at radius 1 is 1.35 bits per heavy atom. The second kappa shape index (κ2) is 11.6. The van der Waals surface area contributed by atoms with E-state index in [1.165, 1.54) is 9.75 Å². The van der Waals surface area contributed by atoms with Crippen LogP contribution in [0.5, 0.6) is 0 Å². The molecule has 0 aliphatic heterocycles. The number of halogens is 1. The van der Waals surface area contributed by atoms with Crippen LogP contribution in [0.2, 0.25) is 0 Å². The lowest BCUT2D eigenvalue weighted by Gasteiger charge is -2.28. The van der Waals surface area contributed by atoms with Crippen LogP contribution in [0.25, 0.3) is 0 Å². The van der Waals surface area contributed by atoms with E-state index in [9.17, 15) is 4.79 Å². The first-order valence-electron chi connectivity index (χ1n) is 8.58. The Hall–Kier alpha value is -1.03. The molecule has 1 aromatic heterocycles. The number of guanidine groups is 1. The van der Waals surface area contributed by atoms with Crippen molar-refractivity contribution in [3.8, 4) is 0 Å². The molecule has 1 rings (SSSR count). The summed E-state index contributed by atoms with van der Waals surface area (Å²) in [6, 6.07) is 4.31. The minimum absolute atomic E-state index is 0. The first kappa shape index (κ1) is 25.0. The summed E-state index contributed by atoms with van der Waals surface area (Å²) in [4.78, 5) is 20.5. The molecule has 0 bridgehead atoms. The molecule has 0 spiro atoms. The average Bonchev–Trinajstić information content (AvgIpc) is 2.93. The van der Waals surface area contributed by atoms with Gasteiger partial charge in [-0.2, -0.15) is 0 Å². The fraction of sp³-hybridized carbons (Fsp3) is 0.667. The van der Waals surface area contributed by atoms with Crippen LogP contribution in [0.3, 0.4) is 0 Å². The van der Waals surface area contributed by atoms with Crippen molar-refractivity contribution in [3.05, 3.63) is 21.9 Å². The third kappa shape index (κ3) is 9.61. The molecule has 0 radical (unpaired) electrons. The number of aliphatic imine (C=N–C) groups is 1. The number of amides is 1. The number of hydrogen-bond acceptors (Lipinski definition) is 4. The van der Waals surface area contributed by atoms with Gasteiger partial charge < -0.3 is 20.3 Å². The Morgan fingerprint density at radius 3 is 2.50 bits per heavy atom. The summed E-state index contributed by atoms with van der Waals surface area (Å²) in [7, 11) is 3.52. The molecule has 1 aromatic rings. The lowest BCUT2D eigenvalue weighted by atomic mass is 10.2. The van der Waals surface area contributed by atoms with Gasteiger partial charge in [-0.25, -0.2) is 4.79 Å². The third-order valence-electron chi connectivity index (χ3n) is 3.65. The highest BCUT2D eigenvalue weighted by atomic mass is 127. The van der Waals surface area contributed by atoms with E-state index in [0.717, 1.165) is 25.5 Å². The third-order valence-corrected chi connectivity index (χ3v) is 4.65. The summed E-state index contributed by atoms with van der Waals surface area (Å²) in [5.74, 6) is 0.762. The summed E-state index contributed by atoms with van der Waals surface area (Å²) in [6.45, 7) is 11.2. The maximum Gasteiger partial charge on any atom is 0.410 e. The van der Waals surface area contributed by atoms with E-state index in [4.69, 9.17) is 4.74 Å². The normalized spacial score (nSPS) is 12.8. The van der Waals surface area contributed by atoms with Gasteiger partial charge in [0.25, 0.3) is 0 Å². The van der Waals surface area contributed by atoms with Crippen molar-refractivity contribution in [1.82, 2.24) is 15.5 Å². The number of carbonyl (C=O) groups excluding carboxylic acids is 1. The van der Waals surface area contributed by atoms with Crippen molar-refractivity contribution in [3.63, 3.8) is 0 Å². The van der Waals surface area contributed by atoms with E-state index in [0.29, 0.717) is 0 Å². The SMILES string of the molecule is CN=C(NCCC(C)N(C)C(=O)OC(C)(C)C)NCc1ccc(C)s1.I. The van der Waals surface area contributed by atoms with Crippen LogP contribution in [0.1, 0.15) is 43.9 Å². The zero-order valence-electron chi connectivity index (χ0n) is 16.9. The topological polar surface area (TPSA) is 66.0 Å². The van der Waals surface area contributed by atoms with Crippen molar-refractivity contribution in [2.24, 2.45) is 4.99 Å². The average molecular weight is 496 g/mol. The van der Waals surface area contributed by atoms with Crippen LogP contribution >= 0.6 is 35.3 Å². The zero-order valence-corrected chi connectivity index (χ0v) is 20.0. The molecule has 0 aliphatic rings. The van der Waals surface area contributed by atoms with Crippen molar-refractivity contribution in [2.75, 3.05) is 20.6 Å². The first-order chi connectivity index (χ1) is 11.6. The summed E-state index contributed by atoms with van der Waals surface area (Å²) < 4.78 is 5.39. The molecule has 2 N–H and O–H groups in total. The summed E-state index contributed by atoms with van der Waals surface area (Å²) in [5.41, 5.74) is -0.477. The number of nitrogens with zero attached hydrogens (tertiary/aromatic N) is 2. The molecule has 8 heteroatoms. The van der Waals surface area contributed by atoms with Gasteiger partial charge in [0.05, 0.1) is 6.54 Å². The highest BCUT2D eigenvalue weighted by Crippen LogP contribution is 2.14. The van der Waals surface area contributed by atoms with E-state index in [2.05, 4.69) is 34.7 Å². The number of ether oxygens (including phenoxy) is 1. The molecule has 26 heavy (non-hydrogen) atoms.